The number of pyridine rings is 1. The molecule has 0 N–H and O–H groups in total. The van der Waals surface area contributed by atoms with E-state index < -0.39 is 20.4 Å². The summed E-state index contributed by atoms with van der Waals surface area (Å²) in [5.74, 6) is 0.344. The first-order valence-electron chi connectivity index (χ1n) is 11.2. The summed E-state index contributed by atoms with van der Waals surface area (Å²) in [5, 5.41) is 0.0583. The van der Waals surface area contributed by atoms with E-state index in [0.29, 0.717) is 19.8 Å². The fourth-order valence-corrected chi connectivity index (χ4v) is 3.74. The van der Waals surface area contributed by atoms with Crippen LogP contribution in [0.25, 0.3) is 0 Å². The van der Waals surface area contributed by atoms with Crippen molar-refractivity contribution in [1.29, 1.82) is 0 Å². The lowest BCUT2D eigenvalue weighted by Crippen LogP contribution is -2.43. The van der Waals surface area contributed by atoms with Crippen LogP contribution in [-0.2, 0) is 20.5 Å². The van der Waals surface area contributed by atoms with Crippen LogP contribution in [0, 0.1) is 0 Å². The molecule has 0 unspecified atom stereocenters. The van der Waals surface area contributed by atoms with Gasteiger partial charge >= 0.3 is 5.97 Å². The fraction of sp³-hybridized carbons (Fsp3) is 0.462. The van der Waals surface area contributed by atoms with Gasteiger partial charge in [-0.05, 0) is 66.5 Å². The lowest BCUT2D eigenvalue weighted by atomic mass is 10.2. The van der Waals surface area contributed by atoms with Crippen LogP contribution in [0.2, 0.25) is 18.1 Å². The van der Waals surface area contributed by atoms with Crippen LogP contribution < -0.4 is 4.74 Å². The van der Waals surface area contributed by atoms with E-state index in [1.807, 2.05) is 37.3 Å². The van der Waals surface area contributed by atoms with E-state index in [1.54, 1.807) is 31.5 Å². The second-order valence-corrected chi connectivity index (χ2v) is 14.4. The number of nitrogens with zero attached hydrogens (tertiary/aromatic N) is 1. The monoisotopic (exact) mass is 471 g/mol. The van der Waals surface area contributed by atoms with Gasteiger partial charge in [0.2, 0.25) is 0 Å². The van der Waals surface area contributed by atoms with Crippen LogP contribution in [0.3, 0.4) is 0 Å². The number of aromatic nitrogens is 1. The van der Waals surface area contributed by atoms with E-state index >= 15 is 0 Å². The van der Waals surface area contributed by atoms with Gasteiger partial charge in [0.05, 0.1) is 26.9 Å². The smallest absolute Gasteiger partial charge is 0.357 e. The summed E-state index contributed by atoms with van der Waals surface area (Å²) in [6.45, 7) is 14.1. The molecule has 0 aliphatic rings. The molecular weight excluding hydrogens is 434 g/mol. The molecule has 33 heavy (non-hydrogen) atoms. The van der Waals surface area contributed by atoms with Gasteiger partial charge in [0.25, 0.3) is 0 Å². The third-order valence-corrected chi connectivity index (χ3v) is 10.3. The van der Waals surface area contributed by atoms with Gasteiger partial charge in [-0.15, -0.1) is 0 Å². The van der Waals surface area contributed by atoms with Crippen LogP contribution in [0.1, 0.15) is 43.7 Å². The summed E-state index contributed by atoms with van der Waals surface area (Å²) in [7, 11) is -0.360. The highest BCUT2D eigenvalue weighted by Crippen LogP contribution is 2.36. The maximum Gasteiger partial charge on any atom is 0.357 e. The van der Waals surface area contributed by atoms with Crippen LogP contribution in [0.5, 0.6) is 5.75 Å². The Balaban J connectivity index is 2.03. The highest BCUT2D eigenvalue weighted by molar-refractivity contribution is 6.74. The molecule has 1 aromatic carbocycles. The van der Waals surface area contributed by atoms with Crippen LogP contribution in [0.15, 0.2) is 60.3 Å². The highest BCUT2D eigenvalue weighted by atomic mass is 28.4. The minimum atomic E-state index is -2.00. The maximum atomic E-state index is 12.6. The SMILES string of the molecule is COc1ccc(COC/C(C)=C/[C@@H](CO[Si](C)(C)C(C)(C)C)OC(=O)c2ccccn2)cc1. The normalized spacial score (nSPS) is 13.5. The number of rotatable bonds is 11. The zero-order valence-electron chi connectivity index (χ0n) is 20.9. The molecule has 0 amide bonds. The van der Waals surface area contributed by atoms with Crippen LogP contribution >= 0.6 is 0 Å². The summed E-state index contributed by atoms with van der Waals surface area (Å²) in [6.07, 6.45) is 2.95. The highest BCUT2D eigenvalue weighted by Gasteiger charge is 2.37. The van der Waals surface area contributed by atoms with Gasteiger partial charge in [0.15, 0.2) is 8.32 Å². The molecule has 0 aliphatic carbocycles. The zero-order valence-corrected chi connectivity index (χ0v) is 21.9. The summed E-state index contributed by atoms with van der Waals surface area (Å²) >= 11 is 0. The molecule has 180 valence electrons. The number of methoxy groups -OCH3 is 1. The average Bonchev–Trinajstić information content (AvgIpc) is 2.77. The van der Waals surface area contributed by atoms with Crippen molar-refractivity contribution in [2.24, 2.45) is 0 Å². The summed E-state index contributed by atoms with van der Waals surface area (Å²) in [6, 6.07) is 12.9. The molecule has 2 rings (SSSR count). The quantitative estimate of drug-likeness (QED) is 0.234. The molecule has 0 saturated carbocycles. The van der Waals surface area contributed by atoms with Crippen LogP contribution in [0.4, 0.5) is 0 Å². The Labute approximate surface area is 199 Å². The number of hydrogen-bond donors (Lipinski definition) is 0. The third-order valence-electron chi connectivity index (χ3n) is 5.77. The van der Waals surface area contributed by atoms with E-state index in [-0.39, 0.29) is 10.7 Å². The van der Waals surface area contributed by atoms with E-state index in [0.717, 1.165) is 16.9 Å². The Morgan fingerprint density at radius 3 is 2.39 bits per heavy atom. The van der Waals surface area contributed by atoms with Gasteiger partial charge in [-0.2, -0.15) is 0 Å². The molecule has 2 aromatic rings. The zero-order chi connectivity index (χ0) is 24.5. The van der Waals surface area contributed by atoms with Crippen molar-refractivity contribution >= 4 is 14.3 Å². The maximum absolute atomic E-state index is 12.6. The van der Waals surface area contributed by atoms with E-state index in [2.05, 4.69) is 38.8 Å². The van der Waals surface area contributed by atoms with Crippen molar-refractivity contribution in [3.8, 4) is 5.75 Å². The van der Waals surface area contributed by atoms with Gasteiger partial charge in [-0.3, -0.25) is 0 Å². The Morgan fingerprint density at radius 2 is 1.82 bits per heavy atom. The number of hydrogen-bond acceptors (Lipinski definition) is 6. The number of ether oxygens (including phenoxy) is 3. The van der Waals surface area contributed by atoms with E-state index in [4.69, 9.17) is 18.6 Å². The second kappa shape index (κ2) is 12.1. The molecule has 0 bridgehead atoms. The summed E-state index contributed by atoms with van der Waals surface area (Å²) < 4.78 is 23.1. The Morgan fingerprint density at radius 1 is 1.12 bits per heavy atom. The first-order chi connectivity index (χ1) is 15.5. The summed E-state index contributed by atoms with van der Waals surface area (Å²) in [5.41, 5.74) is 2.29. The van der Waals surface area contributed by atoms with Crippen molar-refractivity contribution in [1.82, 2.24) is 4.98 Å². The van der Waals surface area contributed by atoms with E-state index in [9.17, 15) is 4.79 Å². The molecular formula is C26H37NO5Si. The summed E-state index contributed by atoms with van der Waals surface area (Å²) in [4.78, 5) is 16.7. The molecule has 0 aliphatic heterocycles. The molecule has 0 saturated heterocycles. The first-order valence-corrected chi connectivity index (χ1v) is 14.1. The Hall–Kier alpha value is -2.48. The lowest BCUT2D eigenvalue weighted by molar-refractivity contribution is 0.0273. The van der Waals surface area contributed by atoms with Crippen molar-refractivity contribution < 1.29 is 23.4 Å². The average molecular weight is 472 g/mol. The molecule has 6 nitrogen and oxygen atoms in total. The third kappa shape index (κ3) is 8.76. The Bertz CT molecular complexity index is 905. The number of esters is 1. The van der Waals surface area contributed by atoms with Gasteiger partial charge in [-0.25, -0.2) is 9.78 Å². The number of carbonyl (C=O) groups is 1. The van der Waals surface area contributed by atoms with Crippen molar-refractivity contribution in [3.05, 3.63) is 71.6 Å². The molecule has 0 radical (unpaired) electrons. The predicted octanol–water partition coefficient (Wildman–Crippen LogP) is 5.80. The fourth-order valence-electron chi connectivity index (χ4n) is 2.72. The Kier molecular flexibility index (Phi) is 9.82. The molecule has 0 spiro atoms. The second-order valence-electron chi connectivity index (χ2n) is 9.58. The standard InChI is InChI=1S/C26H37NO5Si/c1-20(17-30-18-21-11-13-22(29-5)14-12-21)16-23(19-31-33(6,7)26(2,3)4)32-25(28)24-10-8-9-15-27-24/h8-16,23H,17-19H2,1-7H3/b20-16+/t23-/m0/s1. The number of benzene rings is 1. The molecule has 1 atom stereocenters. The van der Waals surface area contributed by atoms with Crippen molar-refractivity contribution in [2.45, 2.75) is 58.5 Å². The molecule has 1 aromatic heterocycles. The van der Waals surface area contributed by atoms with Gasteiger partial charge in [0.1, 0.15) is 17.5 Å². The minimum Gasteiger partial charge on any atom is -0.497 e. The van der Waals surface area contributed by atoms with Gasteiger partial charge in [0, 0.05) is 6.20 Å². The first kappa shape index (κ1) is 26.8. The lowest BCUT2D eigenvalue weighted by Gasteiger charge is -2.36. The molecule has 0 fully saturated rings. The van der Waals surface area contributed by atoms with Gasteiger partial charge < -0.3 is 18.6 Å². The largest absolute Gasteiger partial charge is 0.497 e. The molecule has 1 heterocycles. The molecule has 7 heteroatoms. The van der Waals surface area contributed by atoms with Crippen molar-refractivity contribution in [2.75, 3.05) is 20.3 Å². The van der Waals surface area contributed by atoms with Crippen molar-refractivity contribution in [3.63, 3.8) is 0 Å². The number of carbonyl (C=O) groups excluding carboxylic acids is 1. The minimum absolute atomic E-state index is 0.0583. The topological polar surface area (TPSA) is 66.9 Å². The van der Waals surface area contributed by atoms with Gasteiger partial charge in [-0.1, -0.05) is 39.0 Å². The van der Waals surface area contributed by atoms with E-state index in [1.165, 1.54) is 0 Å². The van der Waals surface area contributed by atoms with Crippen LogP contribution in [-0.4, -0.2) is 45.7 Å². The predicted molar refractivity (Wildman–Crippen MR) is 133 cm³/mol.